The average molecular weight is 2120 g/mol. The molecule has 0 aliphatic carbocycles. The highest BCUT2D eigenvalue weighted by Gasteiger charge is 2.20. The van der Waals surface area contributed by atoms with Gasteiger partial charge in [-0.15, -0.1) is 0 Å². The van der Waals surface area contributed by atoms with Gasteiger partial charge in [-0.05, 0) is 309 Å². The number of nitrogens with two attached hydrogens (primary N) is 4. The minimum absolute atomic E-state index is 0.00935. The van der Waals surface area contributed by atoms with Gasteiger partial charge in [0.1, 0.15) is 34.8 Å². The predicted octanol–water partition coefficient (Wildman–Crippen LogP) is 28.0. The van der Waals surface area contributed by atoms with Crippen molar-refractivity contribution in [2.45, 2.75) is 223 Å². The highest BCUT2D eigenvalue weighted by atomic mass is 36.0. The first kappa shape index (κ1) is 128. The number of carbonyl (C=O) groups is 5. The van der Waals surface area contributed by atoms with Crippen LogP contribution in [0.3, 0.4) is 0 Å². The summed E-state index contributed by atoms with van der Waals surface area (Å²) in [6, 6.07) is 48.2. The summed E-state index contributed by atoms with van der Waals surface area (Å²) < 4.78 is 45.7. The molecule has 4 aromatic heterocycles. The van der Waals surface area contributed by atoms with Crippen LogP contribution in [0.4, 0.5) is 28.7 Å². The maximum atomic E-state index is 12.4. The van der Waals surface area contributed by atoms with E-state index in [0.29, 0.717) is 61.2 Å². The third kappa shape index (κ3) is 47.1. The number of isocyanates is 1. The Kier molecular flexibility index (Phi) is 57.4. The molecular weight excluding hydrogens is 1990 g/mol. The lowest BCUT2D eigenvalue weighted by Crippen LogP contribution is -2.19. The first-order chi connectivity index (χ1) is 65.1. The van der Waals surface area contributed by atoms with E-state index in [2.05, 4.69) is 251 Å². The van der Waals surface area contributed by atoms with Crippen molar-refractivity contribution in [1.82, 2.24) is 19.9 Å². The number of ketones is 3. The predicted molar refractivity (Wildman–Crippen MR) is 584 cm³/mol. The quantitative estimate of drug-likeness (QED) is 0.00343. The molecule has 1 amide bonds. The van der Waals surface area contributed by atoms with Gasteiger partial charge in [0.05, 0.1) is 53.4 Å². The van der Waals surface area contributed by atoms with E-state index >= 15 is 0 Å². The van der Waals surface area contributed by atoms with Crippen molar-refractivity contribution in [3.05, 3.63) is 276 Å². The monoisotopic (exact) mass is 2110 g/mol. The Bertz CT molecular complexity index is 6510. The number of H-pyrrole nitrogens is 1. The van der Waals surface area contributed by atoms with E-state index < -0.39 is 21.6 Å². The number of Topliss-reactive ketones (excluding diaryl/α,β-unsaturated/α-hetero) is 3. The van der Waals surface area contributed by atoms with Gasteiger partial charge in [0.15, 0.2) is 5.78 Å². The van der Waals surface area contributed by atoms with Crippen molar-refractivity contribution in [2.24, 2.45) is 34.4 Å². The van der Waals surface area contributed by atoms with E-state index in [0.717, 1.165) is 84.0 Å². The number of ether oxygens (including phenoxy) is 1. The van der Waals surface area contributed by atoms with E-state index in [1.54, 1.807) is 71.0 Å². The number of nitrogen functional groups attached to an aromatic ring is 2. The smallest absolute Gasteiger partial charge is 0.394 e. The number of fused-ring (bicyclic) bond motifs is 4. The molecule has 0 saturated carbocycles. The maximum Gasteiger partial charge on any atom is 0.394 e. The largest absolute Gasteiger partial charge is 0.466 e. The second-order valence-corrected chi connectivity index (χ2v) is 43.8. The number of hydrogen-bond acceptors (Lipinski definition) is 22. The van der Waals surface area contributed by atoms with Crippen molar-refractivity contribution in [1.29, 1.82) is 5.26 Å². The lowest BCUT2D eigenvalue weighted by Gasteiger charge is -2.16. The van der Waals surface area contributed by atoms with E-state index in [1.807, 2.05) is 77.1 Å². The normalized spacial score (nSPS) is 10.5. The van der Waals surface area contributed by atoms with Gasteiger partial charge < -0.3 is 31.5 Å². The number of amides is 1. The Morgan fingerprint density at radius 2 is 0.871 bits per heavy atom. The topological polar surface area (TPSA) is 451 Å². The lowest BCUT2D eigenvalue weighted by molar-refractivity contribution is -0.146. The van der Waals surface area contributed by atoms with Crippen LogP contribution < -0.4 is 44.9 Å². The minimum Gasteiger partial charge on any atom is -0.466 e. The molecule has 140 heavy (non-hydrogen) atoms. The fourth-order valence-corrected chi connectivity index (χ4v) is 14.6. The van der Waals surface area contributed by atoms with Crippen LogP contribution in [0.2, 0.25) is 25.2 Å². The van der Waals surface area contributed by atoms with Gasteiger partial charge in [0.25, 0.3) is 0 Å². The third-order valence-electron chi connectivity index (χ3n) is 20.4. The second kappa shape index (κ2) is 62.9. The van der Waals surface area contributed by atoms with Crippen LogP contribution in [-0.4, -0.2) is 85.9 Å². The highest BCUT2D eigenvalue weighted by Crippen LogP contribution is 2.61. The molecule has 0 aliphatic rings. The Hall–Kier alpha value is -10.3. The fourth-order valence-electron chi connectivity index (χ4n) is 13.3. The van der Waals surface area contributed by atoms with Crippen molar-refractivity contribution in [2.75, 3.05) is 34.9 Å². The van der Waals surface area contributed by atoms with Crippen LogP contribution in [0, 0.1) is 106 Å². The number of benzene rings is 8. The number of esters is 1. The van der Waals surface area contributed by atoms with Crippen LogP contribution in [0.1, 0.15) is 228 Å². The van der Waals surface area contributed by atoms with Gasteiger partial charge in [-0.3, -0.25) is 54.1 Å². The Morgan fingerprint density at radius 1 is 0.514 bits per heavy atom. The number of anilines is 4. The molecule has 12 aromatic rings. The van der Waals surface area contributed by atoms with Crippen molar-refractivity contribution in [3.63, 3.8) is 0 Å². The summed E-state index contributed by atoms with van der Waals surface area (Å²) >= 11 is 43.2. The molecule has 0 bridgehead atoms. The van der Waals surface area contributed by atoms with Gasteiger partial charge >= 0.3 is 21.6 Å². The first-order valence-electron chi connectivity index (χ1n) is 44.3. The number of nitriles is 1. The number of halogens is 8. The maximum absolute atomic E-state index is 12.4. The number of nitrogens with zero attached hydrogens (tertiary/aromatic N) is 5. The molecule has 0 unspecified atom stereocenters. The summed E-state index contributed by atoms with van der Waals surface area (Å²) in [5, 5.41) is 17.6. The number of carbonyl (C=O) groups excluding carboxylic acids is 6. The lowest BCUT2D eigenvalue weighted by atomic mass is 9.94. The number of aliphatic imine (C=N–C) groups is 1. The van der Waals surface area contributed by atoms with Gasteiger partial charge in [-0.25, -0.2) is 25.6 Å². The number of rotatable bonds is 19. The molecule has 0 spiro atoms. The molecule has 0 aliphatic heterocycles. The Balaban J connectivity index is 0.000000797. The fraction of sp³-hybridized carbons (Fsp3) is 0.356. The SMILES string of the molecule is CC#N.CCOC(=O)CC(=O)C(C)C.Cc1ccc(C)c(N)c1.Cc1ccc(C)c(NC(=O)CC(=O)C(C)C)c1.Cc1ccc(C)c2c(C(C)C)cc(=O)[nH]c12.Cc1ccc(C)c2c(C(C)C)cc(Cl)nc12.Cc1ccc(C)c2c(C(C)C)cc(NCC(=O)Cc3cc(Cl)cc(Cl)c3)nc12.Cc1ccc(C)c2c(C(C)C)cc(NN)nc12.NN.O=C=Nc1cc(Cl)cc(Cl)c1.O=P(Cl)(Cl)Cl.O=S(=O)(O)O. The van der Waals surface area contributed by atoms with Crippen LogP contribution in [0.15, 0.2) is 155 Å². The van der Waals surface area contributed by atoms with E-state index in [9.17, 15) is 38.1 Å². The van der Waals surface area contributed by atoms with Gasteiger partial charge in [-0.2, -0.15) is 18.7 Å². The van der Waals surface area contributed by atoms with Gasteiger partial charge in [0, 0.05) is 84.3 Å². The number of nitrogens with one attached hydrogen (secondary N) is 4. The van der Waals surface area contributed by atoms with Crippen LogP contribution in [0.25, 0.3) is 43.6 Å². The molecule has 8 aromatic carbocycles. The number of hydrogen-bond donors (Lipinski definition) is 10. The molecule has 36 heteroatoms. The summed E-state index contributed by atoms with van der Waals surface area (Å²) in [5.74, 6) is 15.7. The molecule has 758 valence electrons. The highest BCUT2D eigenvalue weighted by molar-refractivity contribution is 8.24. The summed E-state index contributed by atoms with van der Waals surface area (Å²) in [6.45, 7) is 52.8. The van der Waals surface area contributed by atoms with Crippen molar-refractivity contribution < 1.29 is 55.6 Å². The van der Waals surface area contributed by atoms with Crippen LogP contribution in [0.5, 0.6) is 0 Å². The number of aromatic nitrogens is 4. The molecule has 0 saturated heterocycles. The molecule has 12 rings (SSSR count). The number of hydrazine groups is 2. The third-order valence-corrected chi connectivity index (χ3v) is 21.5. The Labute approximate surface area is 863 Å². The molecular formula is C104H132Cl8N13O13PS. The minimum atomic E-state index is -4.67. The molecule has 0 radical (unpaired) electrons. The second-order valence-electron chi connectivity index (χ2n) is 34.2. The Morgan fingerprint density at radius 3 is 1.27 bits per heavy atom. The number of aryl methyl sites for hydroxylation is 12. The summed E-state index contributed by atoms with van der Waals surface area (Å²) in [4.78, 5) is 98.7. The van der Waals surface area contributed by atoms with Gasteiger partial charge in [-0.1, -0.05) is 214 Å². The number of pyridine rings is 4. The van der Waals surface area contributed by atoms with Gasteiger partial charge in [0.2, 0.25) is 17.5 Å². The summed E-state index contributed by atoms with van der Waals surface area (Å²) in [6.07, 6.45) is 1.53. The molecule has 0 fully saturated rings. The zero-order chi connectivity index (χ0) is 107. The van der Waals surface area contributed by atoms with E-state index in [1.165, 1.54) is 102 Å². The average Bonchev–Trinajstić information content (AvgIpc) is 0.781. The van der Waals surface area contributed by atoms with E-state index in [-0.39, 0.29) is 66.5 Å². The van der Waals surface area contributed by atoms with E-state index in [4.69, 9.17) is 97.4 Å². The summed E-state index contributed by atoms with van der Waals surface area (Å²) in [7, 11) is -4.67. The van der Waals surface area contributed by atoms with Crippen molar-refractivity contribution in [3.8, 4) is 6.07 Å². The van der Waals surface area contributed by atoms with Crippen LogP contribution in [-0.2, 0) is 54.9 Å². The number of aromatic amines is 1. The molecule has 0 atom stereocenters. The molecule has 14 N–H and O–H groups in total. The zero-order valence-electron chi connectivity index (χ0n) is 84.2. The van der Waals surface area contributed by atoms with Crippen LogP contribution >= 0.6 is 96.9 Å². The standard InChI is InChI=1S/C23H24Cl2N2O.C14H16ClN.C14H19N3.C14H19NO2.C14H17NO.C8H11N.C8H14O3.C7H3Cl2NO.C2H3N.Cl3OP.H4N2.H2O4S/c1-13(2)20-11-21(27-23-15(4)6-5-14(3)22(20)23)26-12-19(28)9-16-7-17(24)10-18(25)8-16;1-8(2)11-7-12(15)16-14-10(4)6-5-9(3)13(11)14;1-8(2)11-7-12(17-15)16-14-10(4)6-5-9(3)13(11)14;1-9(2)13(16)8-14(17)15-12-7-10(3)5-6-11(12)4;1-8(2)11-7-12(16)15-14-10(4)6-5-9(3)13(11)14;1-6-3-4-7(2)8(9)5-6;1-4-11-8(10)5-7(9)6(2)3;8-5-1-6(9)3-7(2-5)10-4-11;1-2-3;1-5(2,3)4;1-2;1-5(2,3)4/h5-8,10-11,13H,9,12H2,1-4H3,(H,26,27);5-8H,1-4H3;5-8H,15H2,1-4H3,(H,16,17);5-7,9H,8H2,1-4H3,(H,15,17);5-8H,1-4H3,(H,15,16);3-5H,9H2,1-2H3;6H,4-5H2,1-3H3;1-3H;1H3;;1-2H2;(H2,1,2,3,4). The molecule has 4 heterocycles. The first-order valence-corrected chi connectivity index (χ1v) is 52.0. The van der Waals surface area contributed by atoms with Crippen molar-refractivity contribution >= 4 is 215 Å². The molecule has 26 nitrogen and oxygen atoms in total. The zero-order valence-corrected chi connectivity index (χ0v) is 91.9. The summed E-state index contributed by atoms with van der Waals surface area (Å²) in [5.41, 5.74) is 34.2.